The van der Waals surface area contributed by atoms with Gasteiger partial charge in [0.25, 0.3) is 0 Å². The minimum Gasteiger partial charge on any atom is -0.778 e. The van der Waals surface area contributed by atoms with Gasteiger partial charge in [-0.2, -0.15) is 0 Å². The summed E-state index contributed by atoms with van der Waals surface area (Å²) in [6.45, 7) is 3.33. The van der Waals surface area contributed by atoms with Gasteiger partial charge < -0.3 is 24.0 Å². The maximum atomic E-state index is 11.9. The lowest BCUT2D eigenvalue weighted by Gasteiger charge is -2.26. The molecule has 2 aromatic rings. The first kappa shape index (κ1) is 21.8. The minimum atomic E-state index is -4.98. The Balaban J connectivity index is 2.26. The molecule has 0 bridgehead atoms. The predicted octanol–water partition coefficient (Wildman–Crippen LogP) is 2.59. The first-order valence-corrected chi connectivity index (χ1v) is 12.5. The van der Waals surface area contributed by atoms with E-state index in [2.05, 4.69) is 6.92 Å². The Morgan fingerprint density at radius 3 is 2.52 bits per heavy atom. The highest BCUT2D eigenvalue weighted by atomic mass is 31.2. The van der Waals surface area contributed by atoms with Crippen LogP contribution in [0.25, 0.3) is 11.1 Å². The van der Waals surface area contributed by atoms with Gasteiger partial charge in [0.1, 0.15) is 5.75 Å². The van der Waals surface area contributed by atoms with Crippen molar-refractivity contribution in [3.63, 3.8) is 0 Å². The van der Waals surface area contributed by atoms with Crippen LogP contribution in [0, 0.1) is 0 Å². The van der Waals surface area contributed by atoms with Gasteiger partial charge in [-0.1, -0.05) is 25.5 Å². The summed E-state index contributed by atoms with van der Waals surface area (Å²) in [4.78, 5) is 30.6. The second-order valence-corrected chi connectivity index (χ2v) is 11.2. The fourth-order valence-electron chi connectivity index (χ4n) is 2.62. The third kappa shape index (κ3) is 6.56. The van der Waals surface area contributed by atoms with Crippen LogP contribution >= 0.6 is 15.0 Å². The second-order valence-electron chi connectivity index (χ2n) is 6.51. The summed E-state index contributed by atoms with van der Waals surface area (Å²) in [5, 5.41) is -1.76. The van der Waals surface area contributed by atoms with E-state index in [-0.39, 0.29) is 6.54 Å². The van der Waals surface area contributed by atoms with Gasteiger partial charge in [-0.3, -0.25) is 4.57 Å². The molecule has 0 aliphatic rings. The lowest BCUT2D eigenvalue weighted by atomic mass is 10.1. The molecule has 1 heterocycles. The molecule has 0 spiro atoms. The molecule has 0 amide bonds. The molecule has 0 aliphatic carbocycles. The van der Waals surface area contributed by atoms with Crippen LogP contribution < -0.4 is 14.2 Å². The van der Waals surface area contributed by atoms with Gasteiger partial charge in [-0.05, 0) is 30.2 Å². The van der Waals surface area contributed by atoms with Crippen molar-refractivity contribution in [1.82, 2.24) is 0 Å². The van der Waals surface area contributed by atoms with Crippen molar-refractivity contribution in [1.29, 1.82) is 0 Å². The molecular weight excluding hydrogens is 388 g/mol. The zero-order valence-corrected chi connectivity index (χ0v) is 17.2. The summed E-state index contributed by atoms with van der Waals surface area (Å²) in [5.74, 6) is 0.738. The molecule has 27 heavy (non-hydrogen) atoms. The smallest absolute Gasteiger partial charge is 0.215 e. The average Bonchev–Trinajstić information content (AvgIpc) is 2.58. The van der Waals surface area contributed by atoms with Crippen molar-refractivity contribution in [3.8, 4) is 16.9 Å². The molecule has 0 aliphatic heterocycles. The van der Waals surface area contributed by atoms with E-state index in [1.165, 1.54) is 4.57 Å². The maximum Gasteiger partial charge on any atom is 0.215 e. The van der Waals surface area contributed by atoms with Crippen LogP contribution in [0.5, 0.6) is 5.75 Å². The number of benzene rings is 1. The zero-order chi connectivity index (χ0) is 20.1. The van der Waals surface area contributed by atoms with Gasteiger partial charge >= 0.3 is 0 Å². The van der Waals surface area contributed by atoms with E-state index in [1.807, 2.05) is 30.3 Å². The van der Waals surface area contributed by atoms with E-state index in [0.29, 0.717) is 6.61 Å². The van der Waals surface area contributed by atoms with E-state index < -0.39 is 20.4 Å². The number of ether oxygens (including phenoxy) is 1. The summed E-state index contributed by atoms with van der Waals surface area (Å²) in [5.41, 5.74) is 1.66. The third-order valence-electron chi connectivity index (χ3n) is 4.10. The Morgan fingerprint density at radius 1 is 1.19 bits per heavy atom. The molecule has 148 valence electrons. The van der Waals surface area contributed by atoms with Crippen LogP contribution in [0.15, 0.2) is 48.8 Å². The van der Waals surface area contributed by atoms with Crippen molar-refractivity contribution < 1.29 is 33.1 Å². The van der Waals surface area contributed by atoms with Crippen molar-refractivity contribution in [2.24, 2.45) is 0 Å². The van der Waals surface area contributed by atoms with E-state index in [9.17, 15) is 23.8 Å². The lowest BCUT2D eigenvalue weighted by molar-refractivity contribution is -0.694. The maximum absolute atomic E-state index is 11.9. The lowest BCUT2D eigenvalue weighted by Crippen LogP contribution is -2.40. The van der Waals surface area contributed by atoms with Crippen LogP contribution in [0.4, 0.5) is 0 Å². The SMILES string of the molecule is CCCCOc1cccc(-c2ccc[n+](CC(P(C)(=O)O)P(=O)([O-])O)c2)c1. The highest BCUT2D eigenvalue weighted by Gasteiger charge is 2.37. The zero-order valence-electron chi connectivity index (χ0n) is 15.4. The number of nitrogens with zero attached hydrogens (tertiary/aromatic N) is 1. The second kappa shape index (κ2) is 9.13. The molecule has 0 radical (unpaired) electrons. The largest absolute Gasteiger partial charge is 0.778 e. The minimum absolute atomic E-state index is 0.317. The number of unbranched alkanes of at least 4 members (excludes halogenated alkanes) is 1. The number of rotatable bonds is 9. The van der Waals surface area contributed by atoms with Crippen LogP contribution in [0.3, 0.4) is 0 Å². The van der Waals surface area contributed by atoms with Crippen molar-refractivity contribution in [2.45, 2.75) is 31.7 Å². The van der Waals surface area contributed by atoms with Crippen molar-refractivity contribution in [2.75, 3.05) is 13.3 Å². The summed E-state index contributed by atoms with van der Waals surface area (Å²) in [6, 6.07) is 11.1. The molecule has 1 aromatic carbocycles. The normalized spacial score (nSPS) is 16.9. The fourth-order valence-corrected chi connectivity index (χ4v) is 5.67. The van der Waals surface area contributed by atoms with Crippen LogP contribution in [-0.4, -0.2) is 28.5 Å². The van der Waals surface area contributed by atoms with Gasteiger partial charge in [0.2, 0.25) is 7.37 Å². The van der Waals surface area contributed by atoms with Gasteiger partial charge in [-0.15, -0.1) is 0 Å². The van der Waals surface area contributed by atoms with E-state index in [4.69, 9.17) is 4.74 Å². The molecule has 2 N–H and O–H groups in total. The Morgan fingerprint density at radius 2 is 1.89 bits per heavy atom. The molecule has 3 atom stereocenters. The van der Waals surface area contributed by atoms with E-state index in [1.54, 1.807) is 18.5 Å². The number of pyridine rings is 1. The van der Waals surface area contributed by atoms with Crippen LogP contribution in [-0.2, 0) is 15.7 Å². The molecule has 0 fully saturated rings. The molecule has 7 nitrogen and oxygen atoms in total. The quantitative estimate of drug-likeness (QED) is 0.371. The standard InChI is InChI=1S/C18H25NO6P2/c1-3-4-11-25-17-9-5-7-15(12-17)16-8-6-10-19(13-16)14-18(26(2,20)21)27(22,23)24/h5-10,12-13,18H,3-4,11,14H2,1-2H3,(H2-,20,21,22,23,24). The first-order valence-electron chi connectivity index (χ1n) is 8.67. The predicted molar refractivity (Wildman–Crippen MR) is 102 cm³/mol. The molecule has 1 aromatic heterocycles. The van der Waals surface area contributed by atoms with Crippen LogP contribution in [0.2, 0.25) is 0 Å². The topological polar surface area (TPSA) is 111 Å². The van der Waals surface area contributed by atoms with E-state index >= 15 is 0 Å². The monoisotopic (exact) mass is 413 g/mol. The summed E-state index contributed by atoms with van der Waals surface area (Å²) in [6.07, 6.45) is 5.26. The Bertz CT molecular complexity index is 838. The highest BCUT2D eigenvalue weighted by Crippen LogP contribution is 2.57. The Kier molecular flexibility index (Phi) is 7.38. The third-order valence-corrected chi connectivity index (χ3v) is 8.44. The Hall–Kier alpha value is -1.49. The summed E-state index contributed by atoms with van der Waals surface area (Å²) >= 11 is 0. The van der Waals surface area contributed by atoms with Gasteiger partial charge in [0.05, 0.1) is 6.61 Å². The van der Waals surface area contributed by atoms with Gasteiger partial charge in [-0.25, -0.2) is 4.57 Å². The first-order chi connectivity index (χ1) is 12.6. The fraction of sp³-hybridized carbons (Fsp3) is 0.389. The number of hydrogen-bond donors (Lipinski definition) is 2. The van der Waals surface area contributed by atoms with Crippen molar-refractivity contribution in [3.05, 3.63) is 48.8 Å². The number of aromatic nitrogens is 1. The molecule has 9 heteroatoms. The highest BCUT2D eigenvalue weighted by molar-refractivity contribution is 7.72. The number of hydrogen-bond acceptors (Lipinski definition) is 4. The summed E-state index contributed by atoms with van der Waals surface area (Å²) in [7, 11) is -9.02. The van der Waals surface area contributed by atoms with E-state index in [0.717, 1.165) is 36.4 Å². The van der Waals surface area contributed by atoms with Gasteiger partial charge in [0, 0.05) is 18.3 Å². The average molecular weight is 413 g/mol. The van der Waals surface area contributed by atoms with Crippen molar-refractivity contribution >= 4 is 15.0 Å². The van der Waals surface area contributed by atoms with Gasteiger partial charge in [0.15, 0.2) is 31.9 Å². The molecule has 3 unspecified atom stereocenters. The summed E-state index contributed by atoms with van der Waals surface area (Å²) < 4.78 is 30.6. The molecule has 0 saturated heterocycles. The van der Waals surface area contributed by atoms with Crippen LogP contribution in [0.1, 0.15) is 19.8 Å². The molecule has 2 rings (SSSR count). The molecular formula is C18H25NO6P2. The molecule has 0 saturated carbocycles. The Labute approximate surface area is 159 Å².